The number of carbonyl (C=O) groups is 2. The molecule has 0 saturated carbocycles. The van der Waals surface area contributed by atoms with Gasteiger partial charge in [-0.15, -0.1) is 0 Å². The van der Waals surface area contributed by atoms with Crippen LogP contribution in [0.1, 0.15) is 29.7 Å². The van der Waals surface area contributed by atoms with Crippen LogP contribution in [0.25, 0.3) is 5.76 Å². The quantitative estimate of drug-likeness (QED) is 0.300. The number of ketones is 1. The lowest BCUT2D eigenvalue weighted by Gasteiger charge is -2.26. The van der Waals surface area contributed by atoms with Gasteiger partial charge < -0.3 is 19.5 Å². The SMILES string of the molecule is CCOc1ccc(C2C(=C(O)c3ccccc3)C(=O)C(=O)N2CCc2ccccc2)cc1OC. The van der Waals surface area contributed by atoms with Crippen molar-refractivity contribution in [2.24, 2.45) is 0 Å². The van der Waals surface area contributed by atoms with Crippen molar-refractivity contribution in [1.29, 1.82) is 0 Å². The largest absolute Gasteiger partial charge is 0.507 e. The van der Waals surface area contributed by atoms with Gasteiger partial charge in [0.15, 0.2) is 11.5 Å². The van der Waals surface area contributed by atoms with Crippen molar-refractivity contribution in [2.75, 3.05) is 20.3 Å². The molecule has 3 aromatic rings. The van der Waals surface area contributed by atoms with E-state index >= 15 is 0 Å². The highest BCUT2D eigenvalue weighted by atomic mass is 16.5. The molecule has 0 radical (unpaired) electrons. The van der Waals surface area contributed by atoms with Gasteiger partial charge in [0.1, 0.15) is 5.76 Å². The second-order valence-electron chi connectivity index (χ2n) is 7.94. The second-order valence-corrected chi connectivity index (χ2v) is 7.94. The number of rotatable bonds is 8. The molecule has 174 valence electrons. The van der Waals surface area contributed by atoms with E-state index in [0.717, 1.165) is 5.56 Å². The van der Waals surface area contributed by atoms with Gasteiger partial charge in [0.05, 0.1) is 25.3 Å². The Labute approximate surface area is 199 Å². The maximum Gasteiger partial charge on any atom is 0.295 e. The molecule has 0 bridgehead atoms. The Kier molecular flexibility index (Phi) is 6.97. The highest BCUT2D eigenvalue weighted by Crippen LogP contribution is 2.42. The van der Waals surface area contributed by atoms with Crippen LogP contribution < -0.4 is 9.47 Å². The van der Waals surface area contributed by atoms with Crippen LogP contribution in [0.5, 0.6) is 11.5 Å². The molecule has 6 nitrogen and oxygen atoms in total. The fraction of sp³-hybridized carbons (Fsp3) is 0.214. The van der Waals surface area contributed by atoms with Crippen molar-refractivity contribution >= 4 is 17.4 Å². The van der Waals surface area contributed by atoms with Crippen molar-refractivity contribution < 1.29 is 24.2 Å². The summed E-state index contributed by atoms with van der Waals surface area (Å²) < 4.78 is 11.1. The second kappa shape index (κ2) is 10.3. The number of carbonyl (C=O) groups excluding carboxylic acids is 2. The van der Waals surface area contributed by atoms with Crippen LogP contribution in [0.15, 0.2) is 84.4 Å². The zero-order valence-electron chi connectivity index (χ0n) is 19.2. The predicted molar refractivity (Wildman–Crippen MR) is 130 cm³/mol. The first-order valence-corrected chi connectivity index (χ1v) is 11.2. The third kappa shape index (κ3) is 4.53. The Bertz CT molecular complexity index is 1200. The van der Waals surface area contributed by atoms with Crippen molar-refractivity contribution in [3.63, 3.8) is 0 Å². The van der Waals surface area contributed by atoms with Gasteiger partial charge >= 0.3 is 0 Å². The normalized spacial score (nSPS) is 17.1. The smallest absolute Gasteiger partial charge is 0.295 e. The average Bonchev–Trinajstić information content (AvgIpc) is 3.13. The van der Waals surface area contributed by atoms with E-state index in [-0.39, 0.29) is 11.3 Å². The maximum absolute atomic E-state index is 13.2. The number of aliphatic hydroxyl groups is 1. The molecule has 1 aliphatic heterocycles. The fourth-order valence-electron chi connectivity index (χ4n) is 4.23. The Morgan fingerprint density at radius 2 is 1.62 bits per heavy atom. The zero-order chi connectivity index (χ0) is 24.1. The molecule has 1 atom stereocenters. The lowest BCUT2D eigenvalue weighted by atomic mass is 9.95. The van der Waals surface area contributed by atoms with E-state index in [1.54, 1.807) is 42.5 Å². The van der Waals surface area contributed by atoms with Crippen LogP contribution in [-0.2, 0) is 16.0 Å². The fourth-order valence-corrected chi connectivity index (χ4v) is 4.23. The molecule has 1 fully saturated rings. The number of aliphatic hydroxyl groups excluding tert-OH is 1. The van der Waals surface area contributed by atoms with Crippen LogP contribution in [0.4, 0.5) is 0 Å². The summed E-state index contributed by atoms with van der Waals surface area (Å²) >= 11 is 0. The molecular formula is C28H27NO5. The minimum atomic E-state index is -0.756. The molecule has 1 heterocycles. The first-order valence-electron chi connectivity index (χ1n) is 11.2. The number of amides is 1. The van der Waals surface area contributed by atoms with Crippen LogP contribution in [0.3, 0.4) is 0 Å². The van der Waals surface area contributed by atoms with Gasteiger partial charge in [-0.3, -0.25) is 9.59 Å². The molecule has 3 aromatic carbocycles. The highest BCUT2D eigenvalue weighted by Gasteiger charge is 2.46. The van der Waals surface area contributed by atoms with Gasteiger partial charge in [-0.1, -0.05) is 66.7 Å². The number of nitrogens with zero attached hydrogens (tertiary/aromatic N) is 1. The molecule has 1 unspecified atom stereocenters. The summed E-state index contributed by atoms with van der Waals surface area (Å²) in [4.78, 5) is 27.9. The minimum Gasteiger partial charge on any atom is -0.507 e. The van der Waals surface area contributed by atoms with Gasteiger partial charge in [0.2, 0.25) is 0 Å². The summed E-state index contributed by atoms with van der Waals surface area (Å²) in [6.45, 7) is 2.67. The Balaban J connectivity index is 1.81. The predicted octanol–water partition coefficient (Wildman–Crippen LogP) is 4.76. The van der Waals surface area contributed by atoms with Crippen molar-refractivity contribution in [3.8, 4) is 11.5 Å². The molecule has 4 rings (SSSR count). The van der Waals surface area contributed by atoms with E-state index in [1.807, 2.05) is 43.3 Å². The summed E-state index contributed by atoms with van der Waals surface area (Å²) in [6.07, 6.45) is 0.573. The first-order chi connectivity index (χ1) is 16.5. The van der Waals surface area contributed by atoms with Crippen LogP contribution in [0.2, 0.25) is 0 Å². The third-order valence-corrected chi connectivity index (χ3v) is 5.87. The molecule has 34 heavy (non-hydrogen) atoms. The number of hydrogen-bond donors (Lipinski definition) is 1. The molecule has 0 aliphatic carbocycles. The Hall–Kier alpha value is -4.06. The van der Waals surface area contributed by atoms with Gasteiger partial charge in [-0.05, 0) is 36.6 Å². The molecule has 1 saturated heterocycles. The van der Waals surface area contributed by atoms with E-state index in [0.29, 0.717) is 42.2 Å². The molecule has 1 N–H and O–H groups in total. The Morgan fingerprint density at radius 3 is 2.26 bits per heavy atom. The average molecular weight is 458 g/mol. The number of methoxy groups -OCH3 is 1. The van der Waals surface area contributed by atoms with Crippen molar-refractivity contribution in [1.82, 2.24) is 4.90 Å². The molecule has 0 spiro atoms. The van der Waals surface area contributed by atoms with Gasteiger partial charge in [-0.25, -0.2) is 0 Å². The number of Topliss-reactive ketones (excluding diaryl/α,β-unsaturated/α-hetero) is 1. The van der Waals surface area contributed by atoms with Crippen molar-refractivity contribution in [2.45, 2.75) is 19.4 Å². The number of likely N-dealkylation sites (tertiary alicyclic amines) is 1. The lowest BCUT2D eigenvalue weighted by Crippen LogP contribution is -2.31. The summed E-state index contributed by atoms with van der Waals surface area (Å²) in [6, 6.07) is 23.1. The highest BCUT2D eigenvalue weighted by molar-refractivity contribution is 6.46. The van der Waals surface area contributed by atoms with Crippen LogP contribution in [-0.4, -0.2) is 42.0 Å². The van der Waals surface area contributed by atoms with E-state index in [2.05, 4.69) is 0 Å². The number of hydrogen-bond acceptors (Lipinski definition) is 5. The molecule has 0 aromatic heterocycles. The van der Waals surface area contributed by atoms with Crippen LogP contribution >= 0.6 is 0 Å². The van der Waals surface area contributed by atoms with E-state index in [4.69, 9.17) is 9.47 Å². The van der Waals surface area contributed by atoms with E-state index < -0.39 is 17.7 Å². The zero-order valence-corrected chi connectivity index (χ0v) is 19.2. The summed E-state index contributed by atoms with van der Waals surface area (Å²) in [5.74, 6) is -0.469. The number of ether oxygens (including phenoxy) is 2. The minimum absolute atomic E-state index is 0.0653. The topological polar surface area (TPSA) is 76.1 Å². The molecule has 1 aliphatic rings. The summed E-state index contributed by atoms with van der Waals surface area (Å²) in [7, 11) is 1.54. The maximum atomic E-state index is 13.2. The van der Waals surface area contributed by atoms with E-state index in [9.17, 15) is 14.7 Å². The monoisotopic (exact) mass is 457 g/mol. The molecular weight excluding hydrogens is 430 g/mol. The van der Waals surface area contributed by atoms with Gasteiger partial charge in [-0.2, -0.15) is 0 Å². The molecule has 1 amide bonds. The Morgan fingerprint density at radius 1 is 0.941 bits per heavy atom. The van der Waals surface area contributed by atoms with E-state index in [1.165, 1.54) is 12.0 Å². The van der Waals surface area contributed by atoms with Gasteiger partial charge in [0.25, 0.3) is 11.7 Å². The van der Waals surface area contributed by atoms with Crippen molar-refractivity contribution in [3.05, 3.63) is 101 Å². The standard InChI is InChI=1S/C28H27NO5/c1-3-34-22-15-14-21(18-23(22)33-2)25-24(26(30)20-12-8-5-9-13-20)27(31)28(32)29(25)17-16-19-10-6-4-7-11-19/h4-15,18,25,30H,3,16-17H2,1-2H3. The number of benzene rings is 3. The lowest BCUT2D eigenvalue weighted by molar-refractivity contribution is -0.139. The molecule has 6 heteroatoms. The third-order valence-electron chi connectivity index (χ3n) is 5.87. The summed E-state index contributed by atoms with van der Waals surface area (Å²) in [5.41, 5.74) is 2.25. The summed E-state index contributed by atoms with van der Waals surface area (Å²) in [5, 5.41) is 11.1. The van der Waals surface area contributed by atoms with Gasteiger partial charge in [0, 0.05) is 12.1 Å². The van der Waals surface area contributed by atoms with Crippen LogP contribution in [0, 0.1) is 0 Å². The first kappa shape index (κ1) is 23.1.